The quantitative estimate of drug-likeness (QED) is 0.530. The van der Waals surface area contributed by atoms with Gasteiger partial charge in [0.1, 0.15) is 0 Å². The number of hydrogen-bond donors (Lipinski definition) is 2. The summed E-state index contributed by atoms with van der Waals surface area (Å²) in [5, 5.41) is 0. The Kier molecular flexibility index (Phi) is 8.83. The maximum absolute atomic E-state index is 11.2. The van der Waals surface area contributed by atoms with Crippen LogP contribution in [0.5, 0.6) is 0 Å². The fourth-order valence-electron chi connectivity index (χ4n) is 2.13. The molecule has 1 aliphatic heterocycles. The summed E-state index contributed by atoms with van der Waals surface area (Å²) < 4.78 is 21.1. The van der Waals surface area contributed by atoms with E-state index in [4.69, 9.17) is 24.0 Å². The zero-order valence-corrected chi connectivity index (χ0v) is 15.7. The third kappa shape index (κ3) is 7.25. The van der Waals surface area contributed by atoms with Crippen LogP contribution in [0.1, 0.15) is 20.3 Å². The Bertz CT molecular complexity index is 471. The second-order valence-electron chi connectivity index (χ2n) is 5.72. The van der Waals surface area contributed by atoms with Crippen molar-refractivity contribution in [2.75, 3.05) is 33.9 Å². The van der Waals surface area contributed by atoms with Gasteiger partial charge in [-0.3, -0.25) is 0 Å². The number of amides is 1. The van der Waals surface area contributed by atoms with Crippen molar-refractivity contribution < 1.29 is 28.0 Å². The van der Waals surface area contributed by atoms with E-state index in [1.807, 2.05) is 11.1 Å². The zero-order chi connectivity index (χ0) is 18.2. The molecule has 0 saturated carbocycles. The first-order chi connectivity index (χ1) is 11.3. The Hall–Kier alpha value is -1.02. The molecule has 0 bridgehead atoms. The van der Waals surface area contributed by atoms with Gasteiger partial charge in [0.2, 0.25) is 0 Å². The van der Waals surface area contributed by atoms with Gasteiger partial charge >= 0.3 is 143 Å². The van der Waals surface area contributed by atoms with E-state index in [1.165, 1.54) is 7.11 Å². The van der Waals surface area contributed by atoms with Crippen LogP contribution in [0.3, 0.4) is 0 Å². The summed E-state index contributed by atoms with van der Waals surface area (Å²) in [7, 11) is -0.709. The number of ether oxygens (including phenoxy) is 1. The molecule has 0 saturated heterocycles. The Morgan fingerprint density at radius 3 is 2.71 bits per heavy atom. The summed E-state index contributed by atoms with van der Waals surface area (Å²) in [4.78, 5) is 23.4. The van der Waals surface area contributed by atoms with Crippen LogP contribution < -0.4 is 5.73 Å². The van der Waals surface area contributed by atoms with Gasteiger partial charge in [-0.2, -0.15) is 0 Å². The third-order valence-electron chi connectivity index (χ3n) is 3.45. The number of allylic oxidation sites excluding steroid dienone is 2. The van der Waals surface area contributed by atoms with E-state index >= 15 is 0 Å². The van der Waals surface area contributed by atoms with Crippen molar-refractivity contribution >= 4 is 14.1 Å². The number of hydrogen-bond acceptors (Lipinski definition) is 7. The standard InChI is InChI=1S/C15H29N2O6P/c1-12(2)23-24(19,21-4)22-11-14(20-3)7-9-17-8-5-6-13(10-17)15(16)18/h5-6,8,12,14,19,24H,7,9-11H2,1-4H3,(H2,16,18). The van der Waals surface area contributed by atoms with Gasteiger partial charge in [-0.05, 0) is 0 Å². The van der Waals surface area contributed by atoms with Crippen molar-refractivity contribution in [1.82, 2.24) is 4.90 Å². The van der Waals surface area contributed by atoms with E-state index in [0.29, 0.717) is 25.1 Å². The molecule has 0 spiro atoms. The molecule has 1 unspecified atom stereocenters. The topological polar surface area (TPSA) is 103 Å². The number of carbonyl (C=O) groups excluding carboxylic acids is 1. The van der Waals surface area contributed by atoms with E-state index in [1.54, 1.807) is 33.1 Å². The first-order valence-corrected chi connectivity index (χ1v) is 9.50. The second kappa shape index (κ2) is 10.1. The van der Waals surface area contributed by atoms with Gasteiger partial charge in [-0.1, -0.05) is 0 Å². The molecule has 1 atom stereocenters. The van der Waals surface area contributed by atoms with Crippen LogP contribution in [0.2, 0.25) is 0 Å². The number of nitrogens with zero attached hydrogens (tertiary/aromatic N) is 1. The molecule has 0 radical (unpaired) electrons. The van der Waals surface area contributed by atoms with Crippen LogP contribution >= 0.6 is 8.17 Å². The SMILES string of the molecule is COC(CCN1C=CC=C(C(N)=O)C1)CO[PH](O)(OC)OC(C)C. The van der Waals surface area contributed by atoms with Crippen molar-refractivity contribution in [2.24, 2.45) is 5.73 Å². The minimum atomic E-state index is -3.64. The molecule has 0 aromatic rings. The van der Waals surface area contributed by atoms with Gasteiger partial charge in [0.05, 0.1) is 0 Å². The molecular weight excluding hydrogens is 335 g/mol. The van der Waals surface area contributed by atoms with Gasteiger partial charge in [-0.25, -0.2) is 0 Å². The van der Waals surface area contributed by atoms with Crippen LogP contribution in [0, 0.1) is 0 Å². The molecular formula is C15H29N2O6P. The Labute approximate surface area is 143 Å². The Balaban J connectivity index is 2.44. The van der Waals surface area contributed by atoms with Gasteiger partial charge < -0.3 is 0 Å². The van der Waals surface area contributed by atoms with Crippen molar-refractivity contribution in [1.29, 1.82) is 0 Å². The predicted molar refractivity (Wildman–Crippen MR) is 93.1 cm³/mol. The van der Waals surface area contributed by atoms with Crippen molar-refractivity contribution in [3.8, 4) is 0 Å². The molecule has 0 aromatic carbocycles. The van der Waals surface area contributed by atoms with Crippen LogP contribution in [0.25, 0.3) is 0 Å². The molecule has 1 aliphatic rings. The summed E-state index contributed by atoms with van der Waals surface area (Å²) in [6.07, 6.45) is 5.58. The van der Waals surface area contributed by atoms with Crippen LogP contribution in [0.4, 0.5) is 0 Å². The van der Waals surface area contributed by atoms with Crippen molar-refractivity contribution in [3.63, 3.8) is 0 Å². The molecule has 24 heavy (non-hydrogen) atoms. The molecule has 3 N–H and O–H groups in total. The van der Waals surface area contributed by atoms with Crippen LogP contribution in [-0.4, -0.2) is 61.8 Å². The van der Waals surface area contributed by atoms with E-state index in [9.17, 15) is 9.69 Å². The zero-order valence-electron chi connectivity index (χ0n) is 14.7. The van der Waals surface area contributed by atoms with Gasteiger partial charge in [-0.15, -0.1) is 0 Å². The normalized spacial score (nSPS) is 17.1. The van der Waals surface area contributed by atoms with Gasteiger partial charge in [0.15, 0.2) is 0 Å². The molecule has 0 aromatic heterocycles. The van der Waals surface area contributed by atoms with Crippen LogP contribution in [-0.2, 0) is 23.1 Å². The van der Waals surface area contributed by atoms with Gasteiger partial charge in [0.25, 0.3) is 0 Å². The Morgan fingerprint density at radius 1 is 1.46 bits per heavy atom. The molecule has 1 rings (SSSR count). The minimum absolute atomic E-state index is 0.149. The summed E-state index contributed by atoms with van der Waals surface area (Å²) in [5.74, 6) is -0.419. The summed E-state index contributed by atoms with van der Waals surface area (Å²) in [6, 6.07) is 0. The predicted octanol–water partition coefficient (Wildman–Crippen LogP) is 1.12. The molecule has 1 heterocycles. The number of methoxy groups -OCH3 is 1. The summed E-state index contributed by atoms with van der Waals surface area (Å²) >= 11 is 0. The average Bonchev–Trinajstić information content (AvgIpc) is 2.54. The van der Waals surface area contributed by atoms with E-state index in [-0.39, 0.29) is 18.8 Å². The van der Waals surface area contributed by atoms with Crippen molar-refractivity contribution in [2.45, 2.75) is 32.5 Å². The number of nitrogens with two attached hydrogens (primary N) is 1. The fourth-order valence-corrected chi connectivity index (χ4v) is 3.41. The summed E-state index contributed by atoms with van der Waals surface area (Å²) in [5.41, 5.74) is 5.86. The van der Waals surface area contributed by atoms with E-state index in [0.717, 1.165) is 0 Å². The monoisotopic (exact) mass is 364 g/mol. The summed E-state index contributed by atoms with van der Waals surface area (Å²) in [6.45, 7) is 4.86. The first kappa shape index (κ1) is 21.0. The first-order valence-electron chi connectivity index (χ1n) is 7.83. The van der Waals surface area contributed by atoms with E-state index < -0.39 is 14.1 Å². The molecule has 1 amide bonds. The molecule has 0 aliphatic carbocycles. The number of carbonyl (C=O) groups is 1. The Morgan fingerprint density at radius 2 is 2.17 bits per heavy atom. The molecule has 0 fully saturated rings. The van der Waals surface area contributed by atoms with Gasteiger partial charge in [0, 0.05) is 0 Å². The average molecular weight is 364 g/mol. The molecule has 8 nitrogen and oxygen atoms in total. The number of primary amides is 1. The maximum atomic E-state index is 11.2. The second-order valence-corrected chi connectivity index (χ2v) is 7.70. The van der Waals surface area contributed by atoms with E-state index in [2.05, 4.69) is 0 Å². The number of rotatable bonds is 11. The fraction of sp³-hybridized carbons (Fsp3) is 0.667. The van der Waals surface area contributed by atoms with Crippen molar-refractivity contribution in [3.05, 3.63) is 23.9 Å². The van der Waals surface area contributed by atoms with Crippen LogP contribution in [0.15, 0.2) is 23.9 Å². The molecule has 9 heteroatoms. The molecule has 140 valence electrons. The third-order valence-corrected chi connectivity index (χ3v) is 5.27.